The van der Waals surface area contributed by atoms with Crippen LogP contribution in [0.2, 0.25) is 0 Å². The number of aryl methyl sites for hydroxylation is 1. The molecule has 1 aromatic carbocycles. The quantitative estimate of drug-likeness (QED) is 0.661. The number of carbonyl (C=O) groups excluding carboxylic acids is 1. The molecule has 0 aliphatic carbocycles. The van der Waals surface area contributed by atoms with Gasteiger partial charge >= 0.3 is 0 Å². The molecule has 0 saturated carbocycles. The van der Waals surface area contributed by atoms with Gasteiger partial charge < -0.3 is 10.6 Å². The van der Waals surface area contributed by atoms with Crippen molar-refractivity contribution in [2.45, 2.75) is 13.5 Å². The maximum atomic E-state index is 12.2. The average molecular weight is 365 g/mol. The van der Waals surface area contributed by atoms with Gasteiger partial charge in [-0.3, -0.25) is 9.48 Å². The number of halogens is 1. The van der Waals surface area contributed by atoms with Gasteiger partial charge in [0.25, 0.3) is 5.91 Å². The summed E-state index contributed by atoms with van der Waals surface area (Å²) in [5.41, 5.74) is 2.16. The summed E-state index contributed by atoms with van der Waals surface area (Å²) in [6, 6.07) is 12.2. The van der Waals surface area contributed by atoms with Crippen LogP contribution in [0.5, 0.6) is 0 Å². The zero-order valence-electron chi connectivity index (χ0n) is 13.7. The molecule has 1 amide bonds. The fraction of sp³-hybridized carbons (Fsp3) is 0.294. The number of aromatic nitrogens is 2. The van der Waals surface area contributed by atoms with E-state index in [1.54, 1.807) is 0 Å². The molecule has 0 spiro atoms. The van der Waals surface area contributed by atoms with Crippen molar-refractivity contribution in [3.8, 4) is 0 Å². The highest BCUT2D eigenvalue weighted by atomic mass is 35.5. The predicted octanol–water partition coefficient (Wildman–Crippen LogP) is 2.83. The second-order valence-corrected chi connectivity index (χ2v) is 6.45. The van der Waals surface area contributed by atoms with E-state index >= 15 is 0 Å². The predicted molar refractivity (Wildman–Crippen MR) is 101 cm³/mol. The summed E-state index contributed by atoms with van der Waals surface area (Å²) in [6.45, 7) is 4.09. The monoisotopic (exact) mass is 364 g/mol. The Kier molecular flexibility index (Phi) is 6.36. The van der Waals surface area contributed by atoms with E-state index in [-0.39, 0.29) is 18.3 Å². The van der Waals surface area contributed by atoms with E-state index in [1.165, 1.54) is 16.9 Å². The number of hydrogen-bond donors (Lipinski definition) is 2. The van der Waals surface area contributed by atoms with Crippen molar-refractivity contribution in [3.05, 3.63) is 52.5 Å². The van der Waals surface area contributed by atoms with Crippen LogP contribution in [0.3, 0.4) is 0 Å². The molecule has 0 aliphatic heterocycles. The molecular weight excluding hydrogens is 344 g/mol. The second kappa shape index (κ2) is 8.28. The van der Waals surface area contributed by atoms with Crippen molar-refractivity contribution in [1.29, 1.82) is 0 Å². The van der Waals surface area contributed by atoms with Crippen LogP contribution in [0, 0.1) is 6.92 Å². The van der Waals surface area contributed by atoms with E-state index in [9.17, 15) is 4.79 Å². The molecule has 0 unspecified atom stereocenters. The minimum atomic E-state index is -0.0212. The Balaban J connectivity index is 0.00000208. The smallest absolute Gasteiger partial charge is 0.261 e. The lowest BCUT2D eigenvalue weighted by Crippen LogP contribution is -2.29. The van der Waals surface area contributed by atoms with Gasteiger partial charge in [0.2, 0.25) is 0 Å². The molecule has 5 nitrogen and oxygen atoms in total. The topological polar surface area (TPSA) is 58.9 Å². The first kappa shape index (κ1) is 18.4. The van der Waals surface area contributed by atoms with Gasteiger partial charge in [0.1, 0.15) is 4.83 Å². The number of rotatable bonds is 6. The molecule has 2 N–H and O–H groups in total. The highest BCUT2D eigenvalue weighted by Gasteiger charge is 2.16. The van der Waals surface area contributed by atoms with Crippen molar-refractivity contribution in [2.24, 2.45) is 0 Å². The minimum absolute atomic E-state index is 0. The van der Waals surface area contributed by atoms with Gasteiger partial charge in [0.15, 0.2) is 0 Å². The largest absolute Gasteiger partial charge is 0.350 e. The SMILES string of the molecule is CNCCNC(=O)c1cc2c(C)nn(Cc3ccccc3)c2s1.Cl. The average Bonchev–Trinajstić information content (AvgIpc) is 3.11. The van der Waals surface area contributed by atoms with Crippen LogP contribution >= 0.6 is 23.7 Å². The van der Waals surface area contributed by atoms with Crippen LogP contribution in [0.4, 0.5) is 0 Å². The molecule has 0 fully saturated rings. The molecule has 0 atom stereocenters. The fourth-order valence-electron chi connectivity index (χ4n) is 2.48. The van der Waals surface area contributed by atoms with E-state index < -0.39 is 0 Å². The summed E-state index contributed by atoms with van der Waals surface area (Å²) in [4.78, 5) is 14.0. The first-order valence-electron chi connectivity index (χ1n) is 7.62. The lowest BCUT2D eigenvalue weighted by molar-refractivity contribution is 0.0958. The molecule has 128 valence electrons. The Morgan fingerprint density at radius 1 is 1.25 bits per heavy atom. The van der Waals surface area contributed by atoms with Gasteiger partial charge in [0.05, 0.1) is 17.1 Å². The van der Waals surface area contributed by atoms with E-state index in [4.69, 9.17) is 0 Å². The maximum Gasteiger partial charge on any atom is 0.261 e. The Morgan fingerprint density at radius 2 is 2.00 bits per heavy atom. The highest BCUT2D eigenvalue weighted by Crippen LogP contribution is 2.28. The summed E-state index contributed by atoms with van der Waals surface area (Å²) in [6.07, 6.45) is 0. The Labute approximate surface area is 151 Å². The minimum Gasteiger partial charge on any atom is -0.350 e. The molecule has 0 bridgehead atoms. The molecule has 3 rings (SSSR count). The zero-order chi connectivity index (χ0) is 16.2. The van der Waals surface area contributed by atoms with Gasteiger partial charge in [-0.15, -0.1) is 23.7 Å². The van der Waals surface area contributed by atoms with E-state index in [0.717, 1.165) is 27.3 Å². The number of carbonyl (C=O) groups is 1. The standard InChI is InChI=1S/C17H20N4OS.ClH/c1-12-14-10-15(16(22)19-9-8-18-2)23-17(14)21(20-12)11-13-6-4-3-5-7-13;/h3-7,10,18H,8-9,11H2,1-2H3,(H,19,22);1H. The van der Waals surface area contributed by atoms with Gasteiger partial charge in [0, 0.05) is 18.5 Å². The van der Waals surface area contributed by atoms with Gasteiger partial charge in [-0.1, -0.05) is 30.3 Å². The van der Waals surface area contributed by atoms with Crippen LogP contribution in [0.25, 0.3) is 10.2 Å². The van der Waals surface area contributed by atoms with Crippen LogP contribution in [0.1, 0.15) is 20.9 Å². The molecule has 2 heterocycles. The summed E-state index contributed by atoms with van der Waals surface area (Å²) in [5.74, 6) is -0.0212. The zero-order valence-corrected chi connectivity index (χ0v) is 15.3. The second-order valence-electron chi connectivity index (χ2n) is 5.42. The van der Waals surface area contributed by atoms with Crippen LogP contribution in [-0.4, -0.2) is 35.8 Å². The number of benzene rings is 1. The third kappa shape index (κ3) is 3.95. The van der Waals surface area contributed by atoms with Gasteiger partial charge in [-0.05, 0) is 25.6 Å². The van der Waals surface area contributed by atoms with E-state index in [2.05, 4.69) is 27.9 Å². The van der Waals surface area contributed by atoms with Crippen molar-refractivity contribution in [3.63, 3.8) is 0 Å². The summed E-state index contributed by atoms with van der Waals surface area (Å²) in [5, 5.41) is 11.6. The normalized spacial score (nSPS) is 10.6. The van der Waals surface area contributed by atoms with Crippen molar-refractivity contribution in [2.75, 3.05) is 20.1 Å². The lowest BCUT2D eigenvalue weighted by Gasteiger charge is -2.03. The molecule has 7 heteroatoms. The number of likely N-dealkylation sites (N-methyl/N-ethyl adjacent to an activating group) is 1. The Morgan fingerprint density at radius 3 is 2.71 bits per heavy atom. The number of hydrogen-bond acceptors (Lipinski definition) is 4. The number of nitrogens with zero attached hydrogens (tertiary/aromatic N) is 2. The first-order valence-corrected chi connectivity index (χ1v) is 8.44. The van der Waals surface area contributed by atoms with Gasteiger partial charge in [-0.2, -0.15) is 5.10 Å². The van der Waals surface area contributed by atoms with E-state index in [0.29, 0.717) is 13.1 Å². The Bertz CT molecular complexity index is 813. The lowest BCUT2D eigenvalue weighted by atomic mass is 10.2. The van der Waals surface area contributed by atoms with Gasteiger partial charge in [-0.25, -0.2) is 0 Å². The molecule has 0 aliphatic rings. The van der Waals surface area contributed by atoms with Crippen LogP contribution in [-0.2, 0) is 6.54 Å². The van der Waals surface area contributed by atoms with Crippen molar-refractivity contribution < 1.29 is 4.79 Å². The molecule has 0 saturated heterocycles. The number of fused-ring (bicyclic) bond motifs is 1. The highest BCUT2D eigenvalue weighted by molar-refractivity contribution is 7.20. The summed E-state index contributed by atoms with van der Waals surface area (Å²) >= 11 is 1.50. The third-order valence-electron chi connectivity index (χ3n) is 3.67. The fourth-order valence-corrected chi connectivity index (χ4v) is 3.55. The first-order chi connectivity index (χ1) is 11.2. The molecule has 0 radical (unpaired) electrons. The Hall–Kier alpha value is -1.89. The summed E-state index contributed by atoms with van der Waals surface area (Å²) in [7, 11) is 1.87. The number of amides is 1. The molecule has 3 aromatic rings. The molecular formula is C17H21ClN4OS. The summed E-state index contributed by atoms with van der Waals surface area (Å²) < 4.78 is 1.98. The number of nitrogens with one attached hydrogen (secondary N) is 2. The third-order valence-corrected chi connectivity index (χ3v) is 4.81. The molecule has 24 heavy (non-hydrogen) atoms. The van der Waals surface area contributed by atoms with Crippen molar-refractivity contribution >= 4 is 39.9 Å². The molecule has 2 aromatic heterocycles. The van der Waals surface area contributed by atoms with E-state index in [1.807, 2.05) is 42.9 Å². The van der Waals surface area contributed by atoms with Crippen molar-refractivity contribution in [1.82, 2.24) is 20.4 Å². The van der Waals surface area contributed by atoms with Crippen LogP contribution < -0.4 is 10.6 Å². The maximum absolute atomic E-state index is 12.2. The number of thiophene rings is 1. The van der Waals surface area contributed by atoms with Crippen LogP contribution in [0.15, 0.2) is 36.4 Å².